The highest BCUT2D eigenvalue weighted by atomic mass is 32.2. The molecule has 3 aromatic rings. The molecule has 2 aliphatic heterocycles. The number of aliphatic hydroxyl groups is 1. The first kappa shape index (κ1) is 17.8. The van der Waals surface area contributed by atoms with Crippen molar-refractivity contribution in [2.45, 2.75) is 28.9 Å². The highest BCUT2D eigenvalue weighted by molar-refractivity contribution is 7.99. The lowest BCUT2D eigenvalue weighted by atomic mass is 10.00. The van der Waals surface area contributed by atoms with Gasteiger partial charge in [0.25, 0.3) is 0 Å². The molecule has 0 bridgehead atoms. The van der Waals surface area contributed by atoms with E-state index in [4.69, 9.17) is 0 Å². The van der Waals surface area contributed by atoms with Gasteiger partial charge in [0.05, 0.1) is 24.0 Å². The largest absolute Gasteiger partial charge is 0.390 e. The van der Waals surface area contributed by atoms with Crippen molar-refractivity contribution < 1.29 is 5.11 Å². The smallest absolute Gasteiger partial charge is 0.0846 e. The monoisotopic (exact) mass is 388 g/mol. The Bertz CT molecular complexity index is 944. The van der Waals surface area contributed by atoms with Gasteiger partial charge in [-0.2, -0.15) is 0 Å². The second-order valence-corrected chi connectivity index (χ2v) is 8.64. The Morgan fingerprint density at radius 2 is 1.39 bits per heavy atom. The van der Waals surface area contributed by atoms with Gasteiger partial charge in [-0.3, -0.25) is 4.90 Å². The van der Waals surface area contributed by atoms with Gasteiger partial charge in [-0.05, 0) is 41.8 Å². The summed E-state index contributed by atoms with van der Waals surface area (Å²) < 4.78 is 0. The number of fused-ring (bicyclic) bond motifs is 3. The predicted octanol–water partition coefficient (Wildman–Crippen LogP) is 4.71. The molecule has 0 aliphatic carbocycles. The molecule has 1 N–H and O–H groups in total. The summed E-state index contributed by atoms with van der Waals surface area (Å²) in [5.41, 5.74) is 5.22. The standard InChI is InChI=1S/C24H24N2OS/c27-20(16-25-14-13-18-7-1-2-8-19(18)15-25)17-26-21-9-3-5-11-23(21)28-24-12-6-4-10-22(24)26/h1-12,20,27H,13-17H2/t20-/m1/s1. The van der Waals surface area contributed by atoms with Crippen LogP contribution in [0.1, 0.15) is 11.1 Å². The van der Waals surface area contributed by atoms with Gasteiger partial charge in [0, 0.05) is 29.4 Å². The van der Waals surface area contributed by atoms with Crippen LogP contribution in [-0.2, 0) is 13.0 Å². The molecule has 0 aromatic heterocycles. The van der Waals surface area contributed by atoms with Gasteiger partial charge in [-0.25, -0.2) is 0 Å². The zero-order valence-electron chi connectivity index (χ0n) is 15.8. The van der Waals surface area contributed by atoms with Crippen LogP contribution in [-0.4, -0.2) is 35.7 Å². The van der Waals surface area contributed by atoms with Crippen molar-refractivity contribution in [1.82, 2.24) is 4.90 Å². The van der Waals surface area contributed by atoms with Crippen molar-refractivity contribution in [2.75, 3.05) is 24.5 Å². The molecular weight excluding hydrogens is 364 g/mol. The van der Waals surface area contributed by atoms with E-state index < -0.39 is 6.10 Å². The highest BCUT2D eigenvalue weighted by Crippen LogP contribution is 2.47. The Kier molecular flexibility index (Phi) is 4.85. The second-order valence-electron chi connectivity index (χ2n) is 7.56. The first-order chi connectivity index (χ1) is 13.8. The number of hydrogen-bond acceptors (Lipinski definition) is 4. The molecule has 0 saturated carbocycles. The Morgan fingerprint density at radius 1 is 0.786 bits per heavy atom. The first-order valence-electron chi connectivity index (χ1n) is 9.88. The number of nitrogens with zero attached hydrogens (tertiary/aromatic N) is 2. The summed E-state index contributed by atoms with van der Waals surface area (Å²) >= 11 is 1.81. The van der Waals surface area contributed by atoms with Crippen molar-refractivity contribution in [1.29, 1.82) is 0 Å². The van der Waals surface area contributed by atoms with Crippen LogP contribution in [0.3, 0.4) is 0 Å². The number of benzene rings is 3. The molecule has 5 rings (SSSR count). The van der Waals surface area contributed by atoms with E-state index >= 15 is 0 Å². The maximum Gasteiger partial charge on any atom is 0.0846 e. The van der Waals surface area contributed by atoms with Crippen LogP contribution in [0.5, 0.6) is 0 Å². The SMILES string of the molecule is O[C@H](CN1CCc2ccccc2C1)CN1c2ccccc2Sc2ccccc21. The Morgan fingerprint density at radius 3 is 2.11 bits per heavy atom. The predicted molar refractivity (Wildman–Crippen MR) is 115 cm³/mol. The normalized spacial score (nSPS) is 16.8. The van der Waals surface area contributed by atoms with Gasteiger partial charge in [0.15, 0.2) is 0 Å². The van der Waals surface area contributed by atoms with E-state index in [1.807, 2.05) is 11.8 Å². The molecule has 3 aromatic carbocycles. The van der Waals surface area contributed by atoms with Crippen molar-refractivity contribution in [3.63, 3.8) is 0 Å². The van der Waals surface area contributed by atoms with Crippen LogP contribution in [0, 0.1) is 0 Å². The molecule has 0 spiro atoms. The average Bonchev–Trinajstić information content (AvgIpc) is 2.73. The number of aliphatic hydroxyl groups excluding tert-OH is 1. The fraction of sp³-hybridized carbons (Fsp3) is 0.250. The van der Waals surface area contributed by atoms with E-state index in [9.17, 15) is 5.11 Å². The fourth-order valence-electron chi connectivity index (χ4n) is 4.25. The van der Waals surface area contributed by atoms with E-state index in [0.717, 1.165) is 19.5 Å². The molecule has 2 heterocycles. The first-order valence-corrected chi connectivity index (χ1v) is 10.7. The molecule has 0 fully saturated rings. The molecule has 1 atom stereocenters. The second kappa shape index (κ2) is 7.63. The summed E-state index contributed by atoms with van der Waals surface area (Å²) in [6, 6.07) is 25.6. The quantitative estimate of drug-likeness (QED) is 0.700. The number of anilines is 2. The van der Waals surface area contributed by atoms with E-state index in [0.29, 0.717) is 13.1 Å². The van der Waals surface area contributed by atoms with Gasteiger partial charge in [0.2, 0.25) is 0 Å². The molecule has 2 aliphatic rings. The summed E-state index contributed by atoms with van der Waals surface area (Å²) in [5.74, 6) is 0. The van der Waals surface area contributed by atoms with E-state index in [-0.39, 0.29) is 0 Å². The molecule has 0 saturated heterocycles. The third-order valence-electron chi connectivity index (χ3n) is 5.60. The number of rotatable bonds is 4. The minimum Gasteiger partial charge on any atom is -0.390 e. The van der Waals surface area contributed by atoms with Gasteiger partial charge in [0.1, 0.15) is 0 Å². The maximum absolute atomic E-state index is 11.0. The minimum absolute atomic E-state index is 0.408. The summed E-state index contributed by atoms with van der Waals surface area (Å²) in [6.45, 7) is 3.24. The van der Waals surface area contributed by atoms with E-state index in [2.05, 4.69) is 82.6 Å². The molecular formula is C24H24N2OS. The fourth-order valence-corrected chi connectivity index (χ4v) is 5.35. The van der Waals surface area contributed by atoms with Crippen molar-refractivity contribution in [2.24, 2.45) is 0 Å². The Balaban J connectivity index is 1.34. The minimum atomic E-state index is -0.408. The highest BCUT2D eigenvalue weighted by Gasteiger charge is 2.26. The van der Waals surface area contributed by atoms with Crippen molar-refractivity contribution in [3.8, 4) is 0 Å². The maximum atomic E-state index is 11.0. The molecule has 0 amide bonds. The third-order valence-corrected chi connectivity index (χ3v) is 6.73. The van der Waals surface area contributed by atoms with Crippen molar-refractivity contribution in [3.05, 3.63) is 83.9 Å². The van der Waals surface area contributed by atoms with Crippen LogP contribution in [0.2, 0.25) is 0 Å². The zero-order chi connectivity index (χ0) is 18.9. The summed E-state index contributed by atoms with van der Waals surface area (Å²) in [7, 11) is 0. The zero-order valence-corrected chi connectivity index (χ0v) is 16.6. The molecule has 3 nitrogen and oxygen atoms in total. The van der Waals surface area contributed by atoms with Crippen LogP contribution in [0.15, 0.2) is 82.6 Å². The van der Waals surface area contributed by atoms with Gasteiger partial charge >= 0.3 is 0 Å². The van der Waals surface area contributed by atoms with Crippen LogP contribution >= 0.6 is 11.8 Å². The lowest BCUT2D eigenvalue weighted by molar-refractivity contribution is 0.111. The molecule has 0 radical (unpaired) electrons. The summed E-state index contributed by atoms with van der Waals surface area (Å²) in [4.78, 5) is 7.16. The topological polar surface area (TPSA) is 26.7 Å². The van der Waals surface area contributed by atoms with E-state index in [1.165, 1.54) is 32.3 Å². The number of hydrogen-bond donors (Lipinski definition) is 1. The molecule has 28 heavy (non-hydrogen) atoms. The lowest BCUT2D eigenvalue weighted by Gasteiger charge is -2.36. The Hall–Kier alpha value is -2.27. The van der Waals surface area contributed by atoms with Gasteiger partial charge < -0.3 is 10.0 Å². The molecule has 0 unspecified atom stereocenters. The van der Waals surface area contributed by atoms with Gasteiger partial charge in [-0.15, -0.1) is 0 Å². The molecule has 4 heteroatoms. The summed E-state index contributed by atoms with van der Waals surface area (Å²) in [6.07, 6.45) is 0.657. The average molecular weight is 389 g/mol. The molecule has 142 valence electrons. The van der Waals surface area contributed by atoms with Crippen molar-refractivity contribution >= 4 is 23.1 Å². The Labute approximate surface area is 170 Å². The number of β-amino-alcohol motifs (C(OH)–C–C–N with tert-alkyl or cyclic N) is 1. The van der Waals surface area contributed by atoms with E-state index in [1.54, 1.807) is 0 Å². The summed E-state index contributed by atoms with van der Waals surface area (Å²) in [5, 5.41) is 11.0. The van der Waals surface area contributed by atoms with Crippen LogP contribution < -0.4 is 4.90 Å². The van der Waals surface area contributed by atoms with Gasteiger partial charge in [-0.1, -0.05) is 60.3 Å². The van der Waals surface area contributed by atoms with Crippen LogP contribution in [0.4, 0.5) is 11.4 Å². The number of para-hydroxylation sites is 2. The third kappa shape index (κ3) is 3.44. The van der Waals surface area contributed by atoms with Crippen LogP contribution in [0.25, 0.3) is 0 Å². The lowest BCUT2D eigenvalue weighted by Crippen LogP contribution is -2.41.